The summed E-state index contributed by atoms with van der Waals surface area (Å²) in [4.78, 5) is 23.2. The zero-order valence-electron chi connectivity index (χ0n) is 11.9. The highest BCUT2D eigenvalue weighted by Gasteiger charge is 2.20. The fourth-order valence-electron chi connectivity index (χ4n) is 1.78. The molecule has 4 nitrogen and oxygen atoms in total. The zero-order chi connectivity index (χ0) is 14.4. The Bertz CT molecular complexity index is 457. The van der Waals surface area contributed by atoms with Crippen molar-refractivity contribution >= 4 is 12.2 Å². The lowest BCUT2D eigenvalue weighted by Gasteiger charge is -2.19. The second-order valence-electron chi connectivity index (χ2n) is 4.72. The van der Waals surface area contributed by atoms with Crippen molar-refractivity contribution in [1.82, 2.24) is 5.32 Å². The molecule has 0 saturated carbocycles. The van der Waals surface area contributed by atoms with Gasteiger partial charge in [-0.2, -0.15) is 0 Å². The number of aryl methyl sites for hydroxylation is 1. The molecule has 1 rings (SSSR count). The summed E-state index contributed by atoms with van der Waals surface area (Å²) in [5, 5.41) is 2.74. The van der Waals surface area contributed by atoms with E-state index in [-0.39, 0.29) is 11.8 Å². The van der Waals surface area contributed by atoms with Crippen LogP contribution in [0.4, 0.5) is 0 Å². The summed E-state index contributed by atoms with van der Waals surface area (Å²) in [6.07, 6.45) is 1.61. The van der Waals surface area contributed by atoms with E-state index in [1.165, 1.54) is 7.11 Å². The van der Waals surface area contributed by atoms with Crippen molar-refractivity contribution < 1.29 is 14.3 Å². The molecule has 4 heteroatoms. The minimum absolute atomic E-state index is 0.109. The summed E-state index contributed by atoms with van der Waals surface area (Å²) < 4.78 is 5.20. The van der Waals surface area contributed by atoms with Gasteiger partial charge in [0.15, 0.2) is 0 Å². The Hall–Kier alpha value is -1.84. The molecule has 0 bridgehead atoms. The average molecular weight is 263 g/mol. The lowest BCUT2D eigenvalue weighted by Crippen LogP contribution is -2.40. The first-order chi connectivity index (χ1) is 9.03. The zero-order valence-corrected chi connectivity index (χ0v) is 11.9. The number of rotatable bonds is 6. The van der Waals surface area contributed by atoms with Gasteiger partial charge in [-0.15, -0.1) is 0 Å². The van der Waals surface area contributed by atoms with Gasteiger partial charge in [-0.3, -0.25) is 4.79 Å². The predicted molar refractivity (Wildman–Crippen MR) is 74.5 cm³/mol. The Morgan fingerprint density at radius 1 is 1.47 bits per heavy atom. The monoisotopic (exact) mass is 263 g/mol. The number of amides is 1. The van der Waals surface area contributed by atoms with Crippen molar-refractivity contribution in [2.45, 2.75) is 33.2 Å². The van der Waals surface area contributed by atoms with Gasteiger partial charge in [0.1, 0.15) is 12.0 Å². The van der Waals surface area contributed by atoms with Crippen molar-refractivity contribution in [3.8, 4) is 5.75 Å². The summed E-state index contributed by atoms with van der Waals surface area (Å²) in [6.45, 7) is 5.85. The molecule has 0 aliphatic heterocycles. The van der Waals surface area contributed by atoms with Crippen LogP contribution in [0.5, 0.6) is 5.75 Å². The molecule has 0 spiro atoms. The SMILES string of the molecule is CC[C@H](C)[C@@H](C=O)NC(=O)c1ccc(C)cc1OC. The number of ether oxygens (including phenoxy) is 1. The van der Waals surface area contributed by atoms with E-state index in [0.29, 0.717) is 11.3 Å². The van der Waals surface area contributed by atoms with Gasteiger partial charge < -0.3 is 14.8 Å². The van der Waals surface area contributed by atoms with E-state index in [4.69, 9.17) is 4.74 Å². The first-order valence-electron chi connectivity index (χ1n) is 6.44. The first-order valence-corrected chi connectivity index (χ1v) is 6.44. The number of hydrogen-bond acceptors (Lipinski definition) is 3. The van der Waals surface area contributed by atoms with Crippen LogP contribution in [0.1, 0.15) is 36.2 Å². The number of methoxy groups -OCH3 is 1. The van der Waals surface area contributed by atoms with Crippen LogP contribution < -0.4 is 10.1 Å². The largest absolute Gasteiger partial charge is 0.496 e. The maximum atomic E-state index is 12.2. The number of carbonyl (C=O) groups excluding carboxylic acids is 2. The molecule has 0 radical (unpaired) electrons. The van der Waals surface area contributed by atoms with Gasteiger partial charge in [-0.1, -0.05) is 26.3 Å². The van der Waals surface area contributed by atoms with E-state index in [1.54, 1.807) is 12.1 Å². The van der Waals surface area contributed by atoms with E-state index in [2.05, 4.69) is 5.32 Å². The lowest BCUT2D eigenvalue weighted by molar-refractivity contribution is -0.110. The Morgan fingerprint density at radius 2 is 2.16 bits per heavy atom. The van der Waals surface area contributed by atoms with E-state index >= 15 is 0 Å². The Morgan fingerprint density at radius 3 is 2.68 bits per heavy atom. The highest BCUT2D eigenvalue weighted by Crippen LogP contribution is 2.20. The molecule has 1 N–H and O–H groups in total. The summed E-state index contributed by atoms with van der Waals surface area (Å²) in [6, 6.07) is 4.88. The molecule has 0 fully saturated rings. The van der Waals surface area contributed by atoms with Gasteiger partial charge in [-0.05, 0) is 30.5 Å². The number of benzene rings is 1. The van der Waals surface area contributed by atoms with E-state index < -0.39 is 6.04 Å². The van der Waals surface area contributed by atoms with E-state index in [9.17, 15) is 9.59 Å². The average Bonchev–Trinajstić information content (AvgIpc) is 2.43. The summed E-state index contributed by atoms with van der Waals surface area (Å²) >= 11 is 0. The van der Waals surface area contributed by atoms with E-state index in [1.807, 2.05) is 26.8 Å². The van der Waals surface area contributed by atoms with Crippen LogP contribution in [0, 0.1) is 12.8 Å². The maximum absolute atomic E-state index is 12.2. The fraction of sp³-hybridized carbons (Fsp3) is 0.467. The minimum atomic E-state index is -0.469. The van der Waals surface area contributed by atoms with Crippen molar-refractivity contribution in [2.75, 3.05) is 7.11 Å². The van der Waals surface area contributed by atoms with Gasteiger partial charge in [-0.25, -0.2) is 0 Å². The van der Waals surface area contributed by atoms with Gasteiger partial charge >= 0.3 is 0 Å². The van der Waals surface area contributed by atoms with Crippen LogP contribution in [0.2, 0.25) is 0 Å². The van der Waals surface area contributed by atoms with Crippen molar-refractivity contribution in [2.24, 2.45) is 5.92 Å². The predicted octanol–water partition coefficient (Wildman–Crippen LogP) is 2.35. The summed E-state index contributed by atoms with van der Waals surface area (Å²) in [7, 11) is 1.53. The summed E-state index contributed by atoms with van der Waals surface area (Å²) in [5.74, 6) is 0.346. The fourth-order valence-corrected chi connectivity index (χ4v) is 1.78. The normalized spacial score (nSPS) is 13.5. The maximum Gasteiger partial charge on any atom is 0.255 e. The minimum Gasteiger partial charge on any atom is -0.496 e. The Kier molecular flexibility index (Phi) is 5.55. The van der Waals surface area contributed by atoms with Crippen molar-refractivity contribution in [3.05, 3.63) is 29.3 Å². The third-order valence-electron chi connectivity index (χ3n) is 3.30. The third-order valence-corrected chi connectivity index (χ3v) is 3.30. The molecule has 1 amide bonds. The second kappa shape index (κ2) is 6.92. The molecule has 1 aromatic rings. The molecule has 2 atom stereocenters. The number of nitrogens with one attached hydrogen (secondary N) is 1. The molecule has 0 unspecified atom stereocenters. The van der Waals surface area contributed by atoms with Gasteiger partial charge in [0, 0.05) is 0 Å². The second-order valence-corrected chi connectivity index (χ2v) is 4.72. The molecule has 0 aromatic heterocycles. The van der Waals surface area contributed by atoms with E-state index in [0.717, 1.165) is 18.3 Å². The van der Waals surface area contributed by atoms with Crippen molar-refractivity contribution in [1.29, 1.82) is 0 Å². The molecule has 0 aliphatic rings. The summed E-state index contributed by atoms with van der Waals surface area (Å²) in [5.41, 5.74) is 1.46. The number of hydrogen-bond donors (Lipinski definition) is 1. The van der Waals surface area contributed by atoms with Crippen LogP contribution >= 0.6 is 0 Å². The van der Waals surface area contributed by atoms with Gasteiger partial charge in [0.25, 0.3) is 5.91 Å². The van der Waals surface area contributed by atoms with Crippen LogP contribution in [0.25, 0.3) is 0 Å². The topological polar surface area (TPSA) is 55.4 Å². The Balaban J connectivity index is 2.91. The van der Waals surface area contributed by atoms with Crippen LogP contribution in [-0.4, -0.2) is 25.3 Å². The standard InChI is InChI=1S/C15H21NO3/c1-5-11(3)13(9-17)16-15(18)12-7-6-10(2)8-14(12)19-4/h6-9,11,13H,5H2,1-4H3,(H,16,18)/t11-,13+/m0/s1. The molecule has 0 heterocycles. The molecule has 19 heavy (non-hydrogen) atoms. The van der Waals surface area contributed by atoms with Crippen molar-refractivity contribution in [3.63, 3.8) is 0 Å². The lowest BCUT2D eigenvalue weighted by atomic mass is 10.00. The highest BCUT2D eigenvalue weighted by molar-refractivity contribution is 5.98. The van der Waals surface area contributed by atoms with Gasteiger partial charge in [0.05, 0.1) is 18.7 Å². The molecule has 0 aliphatic carbocycles. The highest BCUT2D eigenvalue weighted by atomic mass is 16.5. The molecular weight excluding hydrogens is 242 g/mol. The molecular formula is C15H21NO3. The van der Waals surface area contributed by atoms with Crippen LogP contribution in [0.3, 0.4) is 0 Å². The smallest absolute Gasteiger partial charge is 0.255 e. The van der Waals surface area contributed by atoms with Gasteiger partial charge in [0.2, 0.25) is 0 Å². The van der Waals surface area contributed by atoms with Crippen LogP contribution in [0.15, 0.2) is 18.2 Å². The Labute approximate surface area is 114 Å². The molecule has 0 saturated heterocycles. The number of aldehydes is 1. The number of carbonyl (C=O) groups is 2. The molecule has 1 aromatic carbocycles. The quantitative estimate of drug-likeness (QED) is 0.801. The molecule has 104 valence electrons. The third kappa shape index (κ3) is 3.81. The van der Waals surface area contributed by atoms with Crippen LogP contribution in [-0.2, 0) is 4.79 Å². The first kappa shape index (κ1) is 15.2.